The molecule has 2 aromatic rings. The average Bonchev–Trinajstić information content (AvgIpc) is 3.27. The summed E-state index contributed by atoms with van der Waals surface area (Å²) in [5.74, 6) is -2.76. The third-order valence-electron chi connectivity index (χ3n) is 5.37. The maximum Gasteiger partial charge on any atom is 0.336 e. The molecule has 0 bridgehead atoms. The number of aliphatic imine (C=N–C) groups is 1. The van der Waals surface area contributed by atoms with Crippen LogP contribution in [0.15, 0.2) is 45.9 Å². The number of esters is 2. The van der Waals surface area contributed by atoms with Crippen molar-refractivity contribution in [3.05, 3.63) is 52.2 Å². The lowest BCUT2D eigenvalue weighted by atomic mass is 9.75. The van der Waals surface area contributed by atoms with Crippen molar-refractivity contribution >= 4 is 45.7 Å². The van der Waals surface area contributed by atoms with Crippen LogP contribution >= 0.6 is 11.3 Å². The molecule has 2 heterocycles. The zero-order valence-electron chi connectivity index (χ0n) is 19.8. The Labute approximate surface area is 202 Å². The Balaban J connectivity index is 2.12. The average molecular weight is 485 g/mol. The quantitative estimate of drug-likeness (QED) is 0.547. The van der Waals surface area contributed by atoms with E-state index < -0.39 is 23.8 Å². The number of nitrogens with zero attached hydrogens (tertiary/aromatic N) is 2. The number of carbonyl (C=O) groups is 3. The number of rotatable bonds is 8. The molecular formula is C24H28N4O5S. The van der Waals surface area contributed by atoms with E-state index in [2.05, 4.69) is 20.6 Å². The van der Waals surface area contributed by atoms with E-state index in [1.54, 1.807) is 33.1 Å². The second kappa shape index (κ2) is 11.1. The van der Waals surface area contributed by atoms with Crippen LogP contribution in [0.25, 0.3) is 0 Å². The van der Waals surface area contributed by atoms with Crippen LogP contribution in [0.5, 0.6) is 0 Å². The van der Waals surface area contributed by atoms with Gasteiger partial charge in [-0.2, -0.15) is 0 Å². The Morgan fingerprint density at radius 1 is 1.09 bits per heavy atom. The van der Waals surface area contributed by atoms with Crippen molar-refractivity contribution in [2.45, 2.75) is 33.6 Å². The maximum atomic E-state index is 13.1. The fraction of sp³-hybridized carbons (Fsp3) is 0.375. The van der Waals surface area contributed by atoms with Gasteiger partial charge in [0.2, 0.25) is 0 Å². The largest absolute Gasteiger partial charge is 0.465 e. The van der Waals surface area contributed by atoms with Crippen LogP contribution in [0.4, 0.5) is 10.8 Å². The second-order valence-electron chi connectivity index (χ2n) is 7.51. The Morgan fingerprint density at radius 2 is 1.79 bits per heavy atom. The molecule has 1 aliphatic heterocycles. The first-order chi connectivity index (χ1) is 16.3. The minimum atomic E-state index is -0.802. The van der Waals surface area contributed by atoms with Gasteiger partial charge in [0, 0.05) is 35.4 Å². The molecule has 9 nitrogen and oxygen atoms in total. The van der Waals surface area contributed by atoms with Crippen molar-refractivity contribution < 1.29 is 23.9 Å². The molecule has 1 amide bonds. The zero-order valence-corrected chi connectivity index (χ0v) is 20.6. The molecule has 1 aromatic heterocycles. The first-order valence-corrected chi connectivity index (χ1v) is 11.8. The summed E-state index contributed by atoms with van der Waals surface area (Å²) >= 11 is 1.27. The monoisotopic (exact) mass is 484 g/mol. The SMILES string of the molecule is CCOC(=O)C1=C(C)N=C(C)C(C(=O)OCC)C1c1ccccc1Nc1nc(C(=O)NC)cs1. The fourth-order valence-electron chi connectivity index (χ4n) is 3.95. The smallest absolute Gasteiger partial charge is 0.336 e. The highest BCUT2D eigenvalue weighted by molar-refractivity contribution is 7.14. The van der Waals surface area contributed by atoms with Crippen molar-refractivity contribution in [2.75, 3.05) is 25.6 Å². The summed E-state index contributed by atoms with van der Waals surface area (Å²) in [6.07, 6.45) is 0. The predicted octanol–water partition coefficient (Wildman–Crippen LogP) is 3.82. The number of aromatic nitrogens is 1. The highest BCUT2D eigenvalue weighted by atomic mass is 32.1. The molecule has 0 radical (unpaired) electrons. The van der Waals surface area contributed by atoms with E-state index in [0.29, 0.717) is 39.1 Å². The van der Waals surface area contributed by atoms with Gasteiger partial charge >= 0.3 is 11.9 Å². The van der Waals surface area contributed by atoms with Gasteiger partial charge in [-0.3, -0.25) is 14.6 Å². The Hall–Kier alpha value is -3.53. The van der Waals surface area contributed by atoms with E-state index in [1.165, 1.54) is 18.4 Å². The Bertz CT molecular complexity index is 1150. The number of hydrogen-bond donors (Lipinski definition) is 2. The number of benzene rings is 1. The van der Waals surface area contributed by atoms with Gasteiger partial charge in [-0.15, -0.1) is 11.3 Å². The molecule has 0 fully saturated rings. The highest BCUT2D eigenvalue weighted by Gasteiger charge is 2.43. The van der Waals surface area contributed by atoms with Gasteiger partial charge in [-0.1, -0.05) is 18.2 Å². The predicted molar refractivity (Wildman–Crippen MR) is 131 cm³/mol. The van der Waals surface area contributed by atoms with Crippen molar-refractivity contribution in [3.8, 4) is 0 Å². The van der Waals surface area contributed by atoms with Crippen molar-refractivity contribution in [1.29, 1.82) is 0 Å². The lowest BCUT2D eigenvalue weighted by Crippen LogP contribution is -2.36. The van der Waals surface area contributed by atoms with Gasteiger partial charge in [-0.25, -0.2) is 9.78 Å². The van der Waals surface area contributed by atoms with Gasteiger partial charge in [0.05, 0.1) is 18.8 Å². The Kier molecular flexibility index (Phi) is 8.17. The number of thiazole rings is 1. The first-order valence-electron chi connectivity index (χ1n) is 11.0. The standard InChI is InChI=1S/C24H28N4O5S/c1-6-32-22(30)18-13(3)26-14(4)19(23(31)33-7-2)20(18)15-10-8-9-11-16(15)27-24-28-17(12-34-24)21(29)25-5/h8-12,18,20H,6-7H2,1-5H3,(H,25,29)(H,27,28). The van der Waals surface area contributed by atoms with Crippen LogP contribution in [-0.2, 0) is 19.1 Å². The van der Waals surface area contributed by atoms with E-state index in [9.17, 15) is 14.4 Å². The van der Waals surface area contributed by atoms with Crippen LogP contribution in [0.2, 0.25) is 0 Å². The third kappa shape index (κ3) is 5.17. The van der Waals surface area contributed by atoms with Crippen molar-refractivity contribution in [3.63, 3.8) is 0 Å². The molecule has 0 spiro atoms. The lowest BCUT2D eigenvalue weighted by Gasteiger charge is -2.32. The summed E-state index contributed by atoms with van der Waals surface area (Å²) in [4.78, 5) is 46.8. The van der Waals surface area contributed by atoms with E-state index >= 15 is 0 Å². The summed E-state index contributed by atoms with van der Waals surface area (Å²) < 4.78 is 10.7. The summed E-state index contributed by atoms with van der Waals surface area (Å²) in [5.41, 5.74) is 2.98. The van der Waals surface area contributed by atoms with Crippen LogP contribution in [-0.4, -0.2) is 48.8 Å². The van der Waals surface area contributed by atoms with Crippen LogP contribution in [0.3, 0.4) is 0 Å². The zero-order chi connectivity index (χ0) is 24.8. The first kappa shape index (κ1) is 25.1. The van der Waals surface area contributed by atoms with E-state index in [1.807, 2.05) is 24.3 Å². The summed E-state index contributed by atoms with van der Waals surface area (Å²) in [7, 11) is 1.54. The van der Waals surface area contributed by atoms with Gasteiger partial charge < -0.3 is 20.1 Å². The minimum absolute atomic E-state index is 0.191. The van der Waals surface area contributed by atoms with E-state index in [-0.39, 0.29) is 19.1 Å². The molecule has 1 aliphatic rings. The third-order valence-corrected chi connectivity index (χ3v) is 6.12. The molecule has 0 saturated heterocycles. The van der Waals surface area contributed by atoms with Crippen molar-refractivity contribution in [1.82, 2.24) is 10.3 Å². The minimum Gasteiger partial charge on any atom is -0.465 e. The van der Waals surface area contributed by atoms with Gasteiger partial charge in [0.1, 0.15) is 11.6 Å². The number of allylic oxidation sites excluding steroid dienone is 1. The van der Waals surface area contributed by atoms with Crippen LogP contribution < -0.4 is 10.6 Å². The molecule has 34 heavy (non-hydrogen) atoms. The molecule has 0 aliphatic carbocycles. The molecule has 3 rings (SSSR count). The second-order valence-corrected chi connectivity index (χ2v) is 8.37. The topological polar surface area (TPSA) is 119 Å². The summed E-state index contributed by atoms with van der Waals surface area (Å²) in [5, 5.41) is 7.94. The Morgan fingerprint density at radius 3 is 2.47 bits per heavy atom. The molecular weight excluding hydrogens is 456 g/mol. The molecule has 2 atom stereocenters. The number of ether oxygens (including phenoxy) is 2. The van der Waals surface area contributed by atoms with Crippen LogP contribution in [0, 0.1) is 5.92 Å². The van der Waals surface area contributed by atoms with Gasteiger partial charge in [0.25, 0.3) is 5.91 Å². The highest BCUT2D eigenvalue weighted by Crippen LogP contribution is 2.43. The van der Waals surface area contributed by atoms with E-state index in [4.69, 9.17) is 9.47 Å². The molecule has 180 valence electrons. The van der Waals surface area contributed by atoms with Gasteiger partial charge in [-0.05, 0) is 39.3 Å². The van der Waals surface area contributed by atoms with E-state index in [0.717, 1.165) is 0 Å². The molecule has 1 aromatic carbocycles. The molecule has 2 unspecified atom stereocenters. The van der Waals surface area contributed by atoms with Crippen LogP contribution in [0.1, 0.15) is 49.7 Å². The number of anilines is 2. The molecule has 0 saturated carbocycles. The van der Waals surface area contributed by atoms with Crippen molar-refractivity contribution in [2.24, 2.45) is 10.9 Å². The fourth-order valence-corrected chi connectivity index (χ4v) is 4.65. The normalized spacial score (nSPS) is 17.6. The number of amides is 1. The summed E-state index contributed by atoms with van der Waals surface area (Å²) in [6, 6.07) is 7.35. The molecule has 2 N–H and O–H groups in total. The number of hydrogen-bond acceptors (Lipinski definition) is 9. The van der Waals surface area contributed by atoms with Gasteiger partial charge in [0.15, 0.2) is 5.13 Å². The number of para-hydroxylation sites is 1. The number of nitrogens with one attached hydrogen (secondary N) is 2. The maximum absolute atomic E-state index is 13.1. The molecule has 10 heteroatoms. The lowest BCUT2D eigenvalue weighted by molar-refractivity contribution is -0.146. The summed E-state index contributed by atoms with van der Waals surface area (Å²) in [6.45, 7) is 7.34. The number of carbonyl (C=O) groups excluding carboxylic acids is 3.